The van der Waals surface area contributed by atoms with E-state index in [1.807, 2.05) is 17.5 Å². The summed E-state index contributed by atoms with van der Waals surface area (Å²) in [5, 5.41) is 2.41. The number of pyridine rings is 1. The third-order valence-corrected chi connectivity index (χ3v) is 15.3. The van der Waals surface area contributed by atoms with Crippen LogP contribution < -0.4 is 14.5 Å². The van der Waals surface area contributed by atoms with E-state index >= 15 is 0 Å². The van der Waals surface area contributed by atoms with E-state index < -0.39 is 0 Å². The minimum absolute atomic E-state index is 0.0305. The predicted octanol–water partition coefficient (Wildman–Crippen LogP) is 18.4. The van der Waals surface area contributed by atoms with Gasteiger partial charge in [-0.05, 0) is 111 Å². The van der Waals surface area contributed by atoms with Gasteiger partial charge in [0, 0.05) is 50.6 Å². The molecular formula is C66H50N4OS. The van der Waals surface area contributed by atoms with Crippen LogP contribution in [0.4, 0.5) is 22.7 Å². The first-order valence-corrected chi connectivity index (χ1v) is 25.4. The largest absolute Gasteiger partial charge is 0.457 e. The van der Waals surface area contributed by atoms with Gasteiger partial charge in [0.2, 0.25) is 0 Å². The molecule has 0 saturated carbocycles. The van der Waals surface area contributed by atoms with Crippen molar-refractivity contribution in [2.24, 2.45) is 0 Å². The molecule has 0 amide bonds. The fourth-order valence-electron chi connectivity index (χ4n) is 10.5. The van der Waals surface area contributed by atoms with Crippen molar-refractivity contribution in [3.8, 4) is 61.8 Å². The molecule has 9 aromatic carbocycles. The molecule has 3 aromatic heterocycles. The zero-order chi connectivity index (χ0) is 48.3. The Labute approximate surface area is 424 Å². The molecule has 0 aliphatic carbocycles. The summed E-state index contributed by atoms with van der Waals surface area (Å²) < 4.78 is 11.7. The normalized spacial score (nSPS) is 12.5. The zero-order valence-corrected chi connectivity index (χ0v) is 41.1. The minimum atomic E-state index is -0.0305. The number of rotatable bonds is 9. The molecular weight excluding hydrogens is 897 g/mol. The molecule has 13 rings (SSSR count). The van der Waals surface area contributed by atoms with Crippen LogP contribution in [0.1, 0.15) is 26.3 Å². The van der Waals surface area contributed by atoms with E-state index in [9.17, 15) is 0 Å². The molecule has 0 bridgehead atoms. The van der Waals surface area contributed by atoms with E-state index in [2.05, 4.69) is 266 Å². The lowest BCUT2D eigenvalue weighted by Crippen LogP contribution is -2.25. The van der Waals surface area contributed by atoms with Gasteiger partial charge in [-0.2, -0.15) is 0 Å². The number of para-hydroxylation sites is 3. The lowest BCUT2D eigenvalue weighted by atomic mass is 9.88. The molecule has 12 aromatic rings. The number of thiophene rings is 1. The second-order valence-electron chi connectivity index (χ2n) is 19.6. The summed E-state index contributed by atoms with van der Waals surface area (Å²) in [4.78, 5) is 9.90. The summed E-state index contributed by atoms with van der Waals surface area (Å²) in [7, 11) is 0. The standard InChI is InChI=1S/C66H50N4OS/c1-66(2,3)50-36-37-67-62(40-50)70-60-42-53(34-35-56(60)65-64(70)57-28-10-13-33-61(57)72-65)71-52-27-16-26-51(41-52)68-43-69(59-32-12-11-31-58(59)68)63-54(48-24-14-22-46(38-48)44-18-6-4-7-19-44)29-17-30-55(63)49-25-15-23-47(39-49)45-20-8-5-9-21-45/h4-42H,43H2,1-3H3. The third kappa shape index (κ3) is 7.68. The van der Waals surface area contributed by atoms with Gasteiger partial charge < -0.3 is 14.5 Å². The van der Waals surface area contributed by atoms with Gasteiger partial charge in [0.05, 0.1) is 32.8 Å². The molecule has 0 radical (unpaired) electrons. The molecule has 6 heteroatoms. The predicted molar refractivity (Wildman–Crippen MR) is 303 cm³/mol. The van der Waals surface area contributed by atoms with Gasteiger partial charge >= 0.3 is 0 Å². The van der Waals surface area contributed by atoms with Crippen LogP contribution in [0, 0.1) is 0 Å². The quantitative estimate of drug-likeness (QED) is 0.144. The van der Waals surface area contributed by atoms with Gasteiger partial charge in [-0.25, -0.2) is 4.98 Å². The summed E-state index contributed by atoms with van der Waals surface area (Å²) in [5.41, 5.74) is 17.3. The first kappa shape index (κ1) is 43.3. The van der Waals surface area contributed by atoms with E-state index in [-0.39, 0.29) is 5.41 Å². The maximum Gasteiger partial charge on any atom is 0.137 e. The van der Waals surface area contributed by atoms with Crippen LogP contribution in [0.5, 0.6) is 11.5 Å². The Balaban J connectivity index is 0.902. The van der Waals surface area contributed by atoms with E-state index in [4.69, 9.17) is 9.72 Å². The Morgan fingerprint density at radius 1 is 0.472 bits per heavy atom. The molecule has 0 fully saturated rings. The number of anilines is 4. The number of fused-ring (bicyclic) bond motifs is 6. The summed E-state index contributed by atoms with van der Waals surface area (Å²) >= 11 is 1.83. The van der Waals surface area contributed by atoms with Gasteiger partial charge in [-0.15, -0.1) is 11.3 Å². The Kier molecular flexibility index (Phi) is 10.6. The molecule has 72 heavy (non-hydrogen) atoms. The summed E-state index contributed by atoms with van der Waals surface area (Å²) in [6.45, 7) is 7.35. The summed E-state index contributed by atoms with van der Waals surface area (Å²) in [6, 6.07) is 82.8. The third-order valence-electron chi connectivity index (χ3n) is 14.1. The van der Waals surface area contributed by atoms with Crippen LogP contribution in [-0.4, -0.2) is 16.2 Å². The maximum atomic E-state index is 6.89. The first-order chi connectivity index (χ1) is 35.3. The number of aromatic nitrogens is 2. The van der Waals surface area contributed by atoms with Crippen molar-refractivity contribution in [2.75, 3.05) is 16.5 Å². The lowest BCUT2D eigenvalue weighted by Gasteiger charge is -2.27. The Bertz CT molecular complexity index is 3900. The molecule has 4 heterocycles. The molecule has 0 saturated heterocycles. The molecule has 1 aliphatic heterocycles. The van der Waals surface area contributed by atoms with Gasteiger partial charge in [-0.3, -0.25) is 4.57 Å². The van der Waals surface area contributed by atoms with Crippen LogP contribution in [0.3, 0.4) is 0 Å². The molecule has 346 valence electrons. The summed E-state index contributed by atoms with van der Waals surface area (Å²) in [5.74, 6) is 2.43. The average Bonchev–Trinajstić information content (AvgIpc) is 4.10. The van der Waals surface area contributed by atoms with Crippen molar-refractivity contribution in [3.05, 3.63) is 242 Å². The van der Waals surface area contributed by atoms with Crippen molar-refractivity contribution in [1.29, 1.82) is 0 Å². The topological polar surface area (TPSA) is 33.5 Å². The molecule has 0 spiro atoms. The fraction of sp³-hybridized carbons (Fsp3) is 0.0758. The van der Waals surface area contributed by atoms with Crippen molar-refractivity contribution >= 4 is 65.3 Å². The number of hydrogen-bond donors (Lipinski definition) is 0. The highest BCUT2D eigenvalue weighted by Gasteiger charge is 2.32. The highest BCUT2D eigenvalue weighted by molar-refractivity contribution is 7.26. The molecule has 0 N–H and O–H groups in total. The highest BCUT2D eigenvalue weighted by atomic mass is 32.1. The number of nitrogens with zero attached hydrogens (tertiary/aromatic N) is 4. The maximum absolute atomic E-state index is 6.89. The second-order valence-corrected chi connectivity index (χ2v) is 20.7. The number of hydrogen-bond acceptors (Lipinski definition) is 5. The number of ether oxygens (including phenoxy) is 1. The highest BCUT2D eigenvalue weighted by Crippen LogP contribution is 2.51. The smallest absolute Gasteiger partial charge is 0.137 e. The Morgan fingerprint density at radius 3 is 1.75 bits per heavy atom. The molecule has 0 atom stereocenters. The first-order valence-electron chi connectivity index (χ1n) is 24.6. The van der Waals surface area contributed by atoms with Crippen LogP contribution in [0.15, 0.2) is 237 Å². The second kappa shape index (κ2) is 17.6. The molecule has 5 nitrogen and oxygen atoms in total. The van der Waals surface area contributed by atoms with Crippen LogP contribution >= 0.6 is 11.3 Å². The zero-order valence-electron chi connectivity index (χ0n) is 40.3. The van der Waals surface area contributed by atoms with Crippen molar-refractivity contribution in [3.63, 3.8) is 0 Å². The van der Waals surface area contributed by atoms with Crippen LogP contribution in [-0.2, 0) is 5.41 Å². The van der Waals surface area contributed by atoms with Crippen molar-refractivity contribution in [1.82, 2.24) is 9.55 Å². The van der Waals surface area contributed by atoms with E-state index in [0.29, 0.717) is 6.67 Å². The Hall–Kier alpha value is -8.71. The average molecular weight is 947 g/mol. The fourth-order valence-corrected chi connectivity index (χ4v) is 11.7. The SMILES string of the molecule is CC(C)(C)c1ccnc(-n2c3cc(Oc4cccc(N5CN(c6c(-c7cccc(-c8ccccc8)c7)cccc6-c6cccc(-c7ccccc7)c6)c6ccccc65)c4)ccc3c3sc4ccccc4c32)c1. The van der Waals surface area contributed by atoms with Gasteiger partial charge in [0.25, 0.3) is 0 Å². The van der Waals surface area contributed by atoms with Gasteiger partial charge in [-0.1, -0.05) is 172 Å². The van der Waals surface area contributed by atoms with Crippen molar-refractivity contribution < 1.29 is 4.74 Å². The van der Waals surface area contributed by atoms with Crippen molar-refractivity contribution in [2.45, 2.75) is 26.2 Å². The van der Waals surface area contributed by atoms with E-state index in [0.717, 1.165) is 67.8 Å². The molecule has 1 aliphatic rings. The monoisotopic (exact) mass is 946 g/mol. The minimum Gasteiger partial charge on any atom is -0.457 e. The van der Waals surface area contributed by atoms with Crippen LogP contribution in [0.2, 0.25) is 0 Å². The lowest BCUT2D eigenvalue weighted by molar-refractivity contribution is 0.483. The van der Waals surface area contributed by atoms with Gasteiger partial charge in [0.15, 0.2) is 0 Å². The molecule has 0 unspecified atom stereocenters. The number of benzene rings is 9. The van der Waals surface area contributed by atoms with Crippen LogP contribution in [0.25, 0.3) is 81.5 Å². The van der Waals surface area contributed by atoms with E-state index in [1.54, 1.807) is 0 Å². The summed E-state index contributed by atoms with van der Waals surface area (Å²) in [6.07, 6.45) is 1.94. The van der Waals surface area contributed by atoms with Gasteiger partial charge in [0.1, 0.15) is 24.0 Å². The van der Waals surface area contributed by atoms with E-state index in [1.165, 1.54) is 53.5 Å². The Morgan fingerprint density at radius 2 is 1.06 bits per heavy atom.